The Bertz CT molecular complexity index is 745. The molecule has 0 unspecified atom stereocenters. The highest BCUT2D eigenvalue weighted by atomic mass is 32.2. The van der Waals surface area contributed by atoms with Crippen LogP contribution in [0.3, 0.4) is 0 Å². The molecule has 2 aromatic carbocycles. The molecule has 0 aliphatic heterocycles. The van der Waals surface area contributed by atoms with Crippen LogP contribution in [-0.4, -0.2) is 31.4 Å². The Hall–Kier alpha value is -2.80. The Morgan fingerprint density at radius 1 is 1.12 bits per heavy atom. The van der Waals surface area contributed by atoms with Crippen molar-refractivity contribution in [3.63, 3.8) is 0 Å². The van der Waals surface area contributed by atoms with Gasteiger partial charge in [-0.3, -0.25) is 9.59 Å². The Kier molecular flexibility index (Phi) is 6.39. The first kappa shape index (κ1) is 17.6. The average molecular weight is 343 g/mol. The van der Waals surface area contributed by atoms with Gasteiger partial charge >= 0.3 is 11.8 Å². The molecule has 0 bridgehead atoms. The molecule has 24 heavy (non-hydrogen) atoms. The summed E-state index contributed by atoms with van der Waals surface area (Å²) >= 11 is 1.64. The van der Waals surface area contributed by atoms with Crippen molar-refractivity contribution < 1.29 is 14.3 Å². The predicted octanol–water partition coefficient (Wildman–Crippen LogP) is 2.51. The van der Waals surface area contributed by atoms with Gasteiger partial charge in [0.25, 0.3) is 0 Å². The maximum atomic E-state index is 11.8. The minimum Gasteiger partial charge on any atom is -0.497 e. The van der Waals surface area contributed by atoms with E-state index in [1.54, 1.807) is 36.0 Å². The van der Waals surface area contributed by atoms with Crippen molar-refractivity contribution in [2.75, 3.05) is 18.7 Å². The molecule has 0 aromatic heterocycles. The Balaban J connectivity index is 1.88. The van der Waals surface area contributed by atoms with Crippen molar-refractivity contribution in [3.05, 3.63) is 54.1 Å². The number of nitrogens with zero attached hydrogens (tertiary/aromatic N) is 1. The number of ether oxygens (including phenoxy) is 1. The summed E-state index contributed by atoms with van der Waals surface area (Å²) in [6.45, 7) is 0. The summed E-state index contributed by atoms with van der Waals surface area (Å²) in [5.74, 6) is -1.08. The topological polar surface area (TPSA) is 79.8 Å². The third-order valence-electron chi connectivity index (χ3n) is 3.03. The second-order valence-electron chi connectivity index (χ2n) is 4.66. The van der Waals surface area contributed by atoms with Crippen LogP contribution in [0.4, 0.5) is 5.69 Å². The zero-order chi connectivity index (χ0) is 17.4. The lowest BCUT2D eigenvalue weighted by atomic mass is 10.2. The molecule has 0 fully saturated rings. The second-order valence-corrected chi connectivity index (χ2v) is 5.54. The lowest BCUT2D eigenvalue weighted by Gasteiger charge is -2.05. The number of amides is 2. The van der Waals surface area contributed by atoms with E-state index >= 15 is 0 Å². The van der Waals surface area contributed by atoms with Gasteiger partial charge in [0.1, 0.15) is 5.75 Å². The van der Waals surface area contributed by atoms with E-state index in [0.29, 0.717) is 11.4 Å². The fourth-order valence-electron chi connectivity index (χ4n) is 1.79. The SMILES string of the molecule is COc1cccc(NC(=O)C(=O)N/N=C/c2ccc(SC)cc2)c1. The van der Waals surface area contributed by atoms with Crippen LogP contribution in [0.15, 0.2) is 58.5 Å². The molecule has 0 saturated carbocycles. The van der Waals surface area contributed by atoms with E-state index in [2.05, 4.69) is 15.8 Å². The van der Waals surface area contributed by atoms with Crippen LogP contribution in [0.2, 0.25) is 0 Å². The first-order valence-corrected chi connectivity index (χ1v) is 8.27. The zero-order valence-electron chi connectivity index (χ0n) is 13.3. The molecule has 0 radical (unpaired) electrons. The van der Waals surface area contributed by atoms with Gasteiger partial charge in [-0.2, -0.15) is 5.10 Å². The number of thioether (sulfide) groups is 1. The van der Waals surface area contributed by atoms with Crippen LogP contribution in [0.1, 0.15) is 5.56 Å². The number of nitrogens with one attached hydrogen (secondary N) is 2. The van der Waals surface area contributed by atoms with Crippen LogP contribution in [0.5, 0.6) is 5.75 Å². The number of anilines is 1. The van der Waals surface area contributed by atoms with Crippen molar-refractivity contribution in [2.45, 2.75) is 4.90 Å². The van der Waals surface area contributed by atoms with Gasteiger partial charge in [-0.15, -0.1) is 11.8 Å². The number of hydrazone groups is 1. The van der Waals surface area contributed by atoms with E-state index in [0.717, 1.165) is 10.5 Å². The monoisotopic (exact) mass is 343 g/mol. The Labute approximate surface area is 144 Å². The van der Waals surface area contributed by atoms with E-state index in [4.69, 9.17) is 4.74 Å². The van der Waals surface area contributed by atoms with E-state index in [1.165, 1.54) is 13.3 Å². The first-order valence-electron chi connectivity index (χ1n) is 7.05. The fraction of sp³-hybridized carbons (Fsp3) is 0.118. The van der Waals surface area contributed by atoms with Gasteiger partial charge in [0.05, 0.1) is 13.3 Å². The Morgan fingerprint density at radius 2 is 1.88 bits per heavy atom. The normalized spacial score (nSPS) is 10.4. The van der Waals surface area contributed by atoms with Gasteiger partial charge < -0.3 is 10.1 Å². The molecule has 0 saturated heterocycles. The van der Waals surface area contributed by atoms with Crippen LogP contribution in [0.25, 0.3) is 0 Å². The third-order valence-corrected chi connectivity index (χ3v) is 3.77. The molecule has 0 aliphatic carbocycles. The number of methoxy groups -OCH3 is 1. The summed E-state index contributed by atoms with van der Waals surface area (Å²) < 4.78 is 5.05. The number of hydrogen-bond donors (Lipinski definition) is 2. The predicted molar refractivity (Wildman–Crippen MR) is 95.6 cm³/mol. The number of rotatable bonds is 5. The number of carbonyl (C=O) groups is 2. The quantitative estimate of drug-likeness (QED) is 0.378. The highest BCUT2D eigenvalue weighted by molar-refractivity contribution is 7.98. The number of hydrogen-bond acceptors (Lipinski definition) is 5. The molecular weight excluding hydrogens is 326 g/mol. The zero-order valence-corrected chi connectivity index (χ0v) is 14.1. The van der Waals surface area contributed by atoms with Crippen LogP contribution in [-0.2, 0) is 9.59 Å². The van der Waals surface area contributed by atoms with Crippen LogP contribution in [0, 0.1) is 0 Å². The van der Waals surface area contributed by atoms with E-state index < -0.39 is 11.8 Å². The van der Waals surface area contributed by atoms with E-state index in [-0.39, 0.29) is 0 Å². The molecule has 2 rings (SSSR count). The van der Waals surface area contributed by atoms with Crippen LogP contribution < -0.4 is 15.5 Å². The largest absolute Gasteiger partial charge is 0.497 e. The summed E-state index contributed by atoms with van der Waals surface area (Å²) in [7, 11) is 1.52. The summed E-state index contributed by atoms with van der Waals surface area (Å²) in [4.78, 5) is 24.7. The summed E-state index contributed by atoms with van der Waals surface area (Å²) in [6, 6.07) is 14.4. The van der Waals surface area contributed by atoms with Crippen molar-refractivity contribution >= 4 is 35.5 Å². The minimum absolute atomic E-state index is 0.464. The molecule has 0 spiro atoms. The number of benzene rings is 2. The van der Waals surface area contributed by atoms with Gasteiger partial charge in [-0.1, -0.05) is 18.2 Å². The Morgan fingerprint density at radius 3 is 2.54 bits per heavy atom. The first-order chi connectivity index (χ1) is 11.6. The molecule has 2 amide bonds. The lowest BCUT2D eigenvalue weighted by Crippen LogP contribution is -2.32. The highest BCUT2D eigenvalue weighted by Gasteiger charge is 2.12. The van der Waals surface area contributed by atoms with E-state index in [9.17, 15) is 9.59 Å². The maximum absolute atomic E-state index is 11.8. The molecule has 7 heteroatoms. The standard InChI is InChI=1S/C17H17N3O3S/c1-23-14-5-3-4-13(10-14)19-16(21)17(22)20-18-11-12-6-8-15(24-2)9-7-12/h3-11H,1-2H3,(H,19,21)(H,20,22)/b18-11+. The molecule has 0 atom stereocenters. The van der Waals surface area contributed by atoms with E-state index in [1.807, 2.05) is 30.5 Å². The lowest BCUT2D eigenvalue weighted by molar-refractivity contribution is -0.136. The third kappa shape index (κ3) is 5.13. The molecule has 0 heterocycles. The van der Waals surface area contributed by atoms with Gasteiger partial charge in [0, 0.05) is 16.6 Å². The second kappa shape index (κ2) is 8.73. The average Bonchev–Trinajstić information content (AvgIpc) is 2.62. The summed E-state index contributed by atoms with van der Waals surface area (Å²) in [5.41, 5.74) is 3.48. The molecule has 2 N–H and O–H groups in total. The van der Waals surface area contributed by atoms with Crippen LogP contribution >= 0.6 is 11.8 Å². The summed E-state index contributed by atoms with van der Waals surface area (Å²) in [5, 5.41) is 6.25. The number of carbonyl (C=O) groups excluding carboxylic acids is 2. The molecule has 0 aliphatic rings. The van der Waals surface area contributed by atoms with Crippen molar-refractivity contribution in [1.29, 1.82) is 0 Å². The van der Waals surface area contributed by atoms with Crippen molar-refractivity contribution in [3.8, 4) is 5.75 Å². The van der Waals surface area contributed by atoms with Gasteiger partial charge in [0.2, 0.25) is 0 Å². The molecular formula is C17H17N3O3S. The molecule has 124 valence electrons. The fourth-order valence-corrected chi connectivity index (χ4v) is 2.20. The van der Waals surface area contributed by atoms with Crippen molar-refractivity contribution in [2.24, 2.45) is 5.10 Å². The molecule has 6 nitrogen and oxygen atoms in total. The van der Waals surface area contributed by atoms with Gasteiger partial charge in [-0.05, 0) is 36.1 Å². The highest BCUT2D eigenvalue weighted by Crippen LogP contribution is 2.16. The minimum atomic E-state index is -0.852. The molecule has 2 aromatic rings. The van der Waals surface area contributed by atoms with Gasteiger partial charge in [0.15, 0.2) is 0 Å². The maximum Gasteiger partial charge on any atom is 0.329 e. The van der Waals surface area contributed by atoms with Crippen molar-refractivity contribution in [1.82, 2.24) is 5.43 Å². The summed E-state index contributed by atoms with van der Waals surface area (Å²) in [6.07, 6.45) is 3.46. The van der Waals surface area contributed by atoms with Gasteiger partial charge in [-0.25, -0.2) is 5.43 Å². The smallest absolute Gasteiger partial charge is 0.329 e.